The van der Waals surface area contributed by atoms with Crippen LogP contribution >= 0.6 is 0 Å². The number of halogens is 1. The van der Waals surface area contributed by atoms with Crippen molar-refractivity contribution in [1.82, 2.24) is 9.38 Å². The SMILES string of the molecule is Cc1cc(O)cc(C)c1-c1nc2cccc(OCCF)n2c1Nc1ccc2c(c1)OCCO2. The van der Waals surface area contributed by atoms with E-state index in [0.717, 1.165) is 22.4 Å². The Balaban J connectivity index is 1.70. The van der Waals surface area contributed by atoms with Gasteiger partial charge in [-0.15, -0.1) is 0 Å². The van der Waals surface area contributed by atoms with Crippen molar-refractivity contribution in [2.45, 2.75) is 13.8 Å². The first-order chi connectivity index (χ1) is 16.0. The molecule has 0 radical (unpaired) electrons. The number of hydrogen-bond acceptors (Lipinski definition) is 6. The summed E-state index contributed by atoms with van der Waals surface area (Å²) in [6.45, 7) is 4.21. The number of phenols is 1. The van der Waals surface area contributed by atoms with E-state index >= 15 is 0 Å². The highest BCUT2D eigenvalue weighted by atomic mass is 19.1. The summed E-state index contributed by atoms with van der Waals surface area (Å²) in [5.41, 5.74) is 4.77. The number of alkyl halides is 1. The second-order valence-electron chi connectivity index (χ2n) is 7.84. The van der Waals surface area contributed by atoms with Gasteiger partial charge in [0.05, 0.1) is 0 Å². The Morgan fingerprint density at radius 2 is 1.82 bits per heavy atom. The van der Waals surface area contributed by atoms with E-state index in [4.69, 9.17) is 19.2 Å². The molecule has 2 aromatic heterocycles. The molecule has 0 spiro atoms. The fourth-order valence-electron chi connectivity index (χ4n) is 4.18. The van der Waals surface area contributed by atoms with Crippen LogP contribution in [0.3, 0.4) is 0 Å². The van der Waals surface area contributed by atoms with Crippen LogP contribution in [0.1, 0.15) is 11.1 Å². The van der Waals surface area contributed by atoms with Crippen LogP contribution < -0.4 is 19.5 Å². The lowest BCUT2D eigenvalue weighted by molar-refractivity contribution is 0.171. The van der Waals surface area contributed by atoms with Crippen LogP contribution in [0.4, 0.5) is 15.9 Å². The lowest BCUT2D eigenvalue weighted by atomic mass is 9.99. The highest BCUT2D eigenvalue weighted by Crippen LogP contribution is 2.40. The number of pyridine rings is 1. The van der Waals surface area contributed by atoms with Crippen LogP contribution in [0.25, 0.3) is 16.9 Å². The normalized spacial score (nSPS) is 12.7. The Hall–Kier alpha value is -3.94. The van der Waals surface area contributed by atoms with Gasteiger partial charge in [-0.1, -0.05) is 6.07 Å². The van der Waals surface area contributed by atoms with Crippen molar-refractivity contribution in [3.63, 3.8) is 0 Å². The van der Waals surface area contributed by atoms with Gasteiger partial charge < -0.3 is 24.6 Å². The number of nitrogens with zero attached hydrogens (tertiary/aromatic N) is 2. The van der Waals surface area contributed by atoms with E-state index in [1.807, 2.05) is 48.6 Å². The van der Waals surface area contributed by atoms with Crippen LogP contribution in [0.15, 0.2) is 48.5 Å². The van der Waals surface area contributed by atoms with Gasteiger partial charge >= 0.3 is 0 Å². The number of aryl methyl sites for hydroxylation is 2. The van der Waals surface area contributed by atoms with Crippen molar-refractivity contribution >= 4 is 17.2 Å². The van der Waals surface area contributed by atoms with E-state index in [1.165, 1.54) is 0 Å². The van der Waals surface area contributed by atoms with E-state index in [-0.39, 0.29) is 12.4 Å². The first-order valence-corrected chi connectivity index (χ1v) is 10.7. The van der Waals surface area contributed by atoms with Gasteiger partial charge in [0, 0.05) is 17.3 Å². The molecule has 0 aliphatic carbocycles. The second kappa shape index (κ2) is 8.54. The maximum atomic E-state index is 12.9. The molecule has 2 N–H and O–H groups in total. The molecule has 3 heterocycles. The molecule has 0 saturated heterocycles. The molecule has 4 aromatic rings. The molecule has 1 aliphatic heterocycles. The average Bonchev–Trinajstić information content (AvgIpc) is 3.15. The Labute approximate surface area is 190 Å². The molecule has 0 unspecified atom stereocenters. The summed E-state index contributed by atoms with van der Waals surface area (Å²) >= 11 is 0. The van der Waals surface area contributed by atoms with Gasteiger partial charge in [0.15, 0.2) is 11.5 Å². The minimum absolute atomic E-state index is 0.0621. The quantitative estimate of drug-likeness (QED) is 0.422. The number of anilines is 2. The zero-order valence-electron chi connectivity index (χ0n) is 18.4. The zero-order chi connectivity index (χ0) is 22.9. The van der Waals surface area contributed by atoms with Crippen molar-refractivity contribution < 1.29 is 23.7 Å². The predicted molar refractivity (Wildman–Crippen MR) is 124 cm³/mol. The maximum Gasteiger partial charge on any atom is 0.201 e. The number of imidazole rings is 1. The predicted octanol–water partition coefficient (Wildman–Crippen LogP) is 5.19. The highest BCUT2D eigenvalue weighted by Gasteiger charge is 2.21. The number of aromatic hydroxyl groups is 1. The zero-order valence-corrected chi connectivity index (χ0v) is 18.4. The third kappa shape index (κ3) is 3.88. The van der Waals surface area contributed by atoms with Gasteiger partial charge in [0.1, 0.15) is 49.4 Å². The molecule has 1 aliphatic rings. The van der Waals surface area contributed by atoms with Gasteiger partial charge in [-0.25, -0.2) is 13.8 Å². The molecule has 2 aromatic carbocycles. The topological polar surface area (TPSA) is 77.3 Å². The molecule has 0 saturated carbocycles. The van der Waals surface area contributed by atoms with Crippen molar-refractivity contribution in [3.8, 4) is 34.4 Å². The molecule has 5 rings (SSSR count). The maximum absolute atomic E-state index is 12.9. The number of nitrogens with one attached hydrogen (secondary N) is 1. The standard InChI is InChI=1S/C25H24FN3O4/c1-15-12-18(30)13-16(2)23(15)24-25(27-17-6-7-19-20(14-17)32-11-10-31-19)29-21(28-24)4-3-5-22(29)33-9-8-26/h3-7,12-14,27,30H,8-11H2,1-2H3. The second-order valence-corrected chi connectivity index (χ2v) is 7.84. The van der Waals surface area contributed by atoms with E-state index in [9.17, 15) is 9.50 Å². The van der Waals surface area contributed by atoms with Crippen LogP contribution in [-0.2, 0) is 0 Å². The number of ether oxygens (including phenoxy) is 3. The molecule has 8 heteroatoms. The summed E-state index contributed by atoms with van der Waals surface area (Å²) in [5, 5.41) is 13.5. The van der Waals surface area contributed by atoms with Crippen LogP contribution in [-0.4, -0.2) is 41.0 Å². The van der Waals surface area contributed by atoms with Gasteiger partial charge in [-0.3, -0.25) is 0 Å². The largest absolute Gasteiger partial charge is 0.508 e. The van der Waals surface area contributed by atoms with Crippen LogP contribution in [0.5, 0.6) is 23.1 Å². The molecule has 0 amide bonds. The van der Waals surface area contributed by atoms with E-state index < -0.39 is 6.67 Å². The number of hydrogen-bond donors (Lipinski definition) is 2. The van der Waals surface area contributed by atoms with E-state index in [2.05, 4.69) is 5.32 Å². The van der Waals surface area contributed by atoms with E-state index in [0.29, 0.717) is 47.8 Å². The molecular formula is C25H24FN3O4. The first-order valence-electron chi connectivity index (χ1n) is 10.7. The summed E-state index contributed by atoms with van der Waals surface area (Å²) in [6, 6.07) is 14.5. The molecule has 33 heavy (non-hydrogen) atoms. The summed E-state index contributed by atoms with van der Waals surface area (Å²) in [5.74, 6) is 2.69. The van der Waals surface area contributed by atoms with Crippen LogP contribution in [0.2, 0.25) is 0 Å². The van der Waals surface area contributed by atoms with Crippen molar-refractivity contribution in [2.24, 2.45) is 0 Å². The van der Waals surface area contributed by atoms with Crippen molar-refractivity contribution in [3.05, 3.63) is 59.7 Å². The molecular weight excluding hydrogens is 425 g/mol. The van der Waals surface area contributed by atoms with Gasteiger partial charge in [0.25, 0.3) is 0 Å². The molecule has 170 valence electrons. The average molecular weight is 449 g/mol. The number of phenolic OH excluding ortho intramolecular Hbond substituents is 1. The minimum atomic E-state index is -0.598. The molecule has 0 fully saturated rings. The van der Waals surface area contributed by atoms with E-state index in [1.54, 1.807) is 18.2 Å². The van der Waals surface area contributed by atoms with Crippen molar-refractivity contribution in [2.75, 3.05) is 31.8 Å². The molecule has 0 atom stereocenters. The number of benzene rings is 2. The number of rotatable bonds is 6. The Kier molecular flexibility index (Phi) is 5.42. The van der Waals surface area contributed by atoms with Gasteiger partial charge in [-0.2, -0.15) is 0 Å². The lowest BCUT2D eigenvalue weighted by Gasteiger charge is -2.20. The smallest absolute Gasteiger partial charge is 0.201 e. The summed E-state index contributed by atoms with van der Waals surface area (Å²) in [4.78, 5) is 4.88. The Morgan fingerprint density at radius 1 is 1.06 bits per heavy atom. The third-order valence-electron chi connectivity index (χ3n) is 5.49. The first kappa shape index (κ1) is 20.9. The minimum Gasteiger partial charge on any atom is -0.508 e. The summed E-state index contributed by atoms with van der Waals surface area (Å²) in [7, 11) is 0. The van der Waals surface area contributed by atoms with Gasteiger partial charge in [-0.05, 0) is 61.4 Å². The van der Waals surface area contributed by atoms with Crippen molar-refractivity contribution in [1.29, 1.82) is 0 Å². The number of fused-ring (bicyclic) bond motifs is 2. The monoisotopic (exact) mass is 449 g/mol. The third-order valence-corrected chi connectivity index (χ3v) is 5.49. The summed E-state index contributed by atoms with van der Waals surface area (Å²) in [6.07, 6.45) is 0. The van der Waals surface area contributed by atoms with Gasteiger partial charge in [0.2, 0.25) is 5.88 Å². The number of aromatic nitrogens is 2. The lowest BCUT2D eigenvalue weighted by Crippen LogP contribution is -2.15. The Bertz CT molecular complexity index is 1310. The van der Waals surface area contributed by atoms with Crippen LogP contribution in [0, 0.1) is 13.8 Å². The summed E-state index contributed by atoms with van der Waals surface area (Å²) < 4.78 is 31.8. The molecule has 7 nitrogen and oxygen atoms in total. The fraction of sp³-hybridized carbons (Fsp3) is 0.240. The Morgan fingerprint density at radius 3 is 2.58 bits per heavy atom. The molecule has 0 bridgehead atoms. The fourth-order valence-corrected chi connectivity index (χ4v) is 4.18. The highest BCUT2D eigenvalue weighted by molar-refractivity contribution is 5.84.